The second-order valence-electron chi connectivity index (χ2n) is 6.51. The number of fused-ring (bicyclic) bond motifs is 1. The van der Waals surface area contributed by atoms with Crippen molar-refractivity contribution in [3.8, 4) is 0 Å². The quantitative estimate of drug-likeness (QED) is 0.768. The van der Waals surface area contributed by atoms with E-state index in [9.17, 15) is 0 Å². The van der Waals surface area contributed by atoms with E-state index in [-0.39, 0.29) is 6.04 Å². The highest BCUT2D eigenvalue weighted by atomic mass is 15.0. The normalized spacial score (nSPS) is 18.1. The van der Waals surface area contributed by atoms with E-state index in [0.29, 0.717) is 6.04 Å². The molecule has 0 radical (unpaired) electrons. The zero-order chi connectivity index (χ0) is 16.4. The Morgan fingerprint density at radius 1 is 1.25 bits per heavy atom. The van der Waals surface area contributed by atoms with Gasteiger partial charge in [0.2, 0.25) is 0 Å². The maximum Gasteiger partial charge on any atom is 0.127 e. The highest BCUT2D eigenvalue weighted by Gasteiger charge is 2.25. The number of aromatic nitrogens is 3. The molecule has 4 nitrogen and oxygen atoms in total. The predicted octanol–water partition coefficient (Wildman–Crippen LogP) is 3.87. The van der Waals surface area contributed by atoms with Gasteiger partial charge < -0.3 is 4.98 Å². The molecule has 4 rings (SSSR count). The van der Waals surface area contributed by atoms with Crippen LogP contribution >= 0.6 is 0 Å². The maximum atomic E-state index is 4.49. The van der Waals surface area contributed by atoms with Gasteiger partial charge in [-0.05, 0) is 48.9 Å². The Morgan fingerprint density at radius 3 is 3.00 bits per heavy atom. The molecule has 1 aromatic carbocycles. The Labute approximate surface area is 142 Å². The summed E-state index contributed by atoms with van der Waals surface area (Å²) in [7, 11) is 0. The molecule has 122 valence electrons. The number of pyridine rings is 1. The smallest absolute Gasteiger partial charge is 0.127 e. The molecule has 0 aliphatic heterocycles. The van der Waals surface area contributed by atoms with Crippen LogP contribution in [-0.2, 0) is 6.42 Å². The molecule has 2 aromatic heterocycles. The molecule has 2 N–H and O–H groups in total. The number of hydrogen-bond acceptors (Lipinski definition) is 3. The van der Waals surface area contributed by atoms with Crippen molar-refractivity contribution >= 4 is 0 Å². The van der Waals surface area contributed by atoms with E-state index in [1.807, 2.05) is 24.7 Å². The summed E-state index contributed by atoms with van der Waals surface area (Å²) in [4.78, 5) is 12.0. The summed E-state index contributed by atoms with van der Waals surface area (Å²) in [5.74, 6) is 0.933. The first-order valence-corrected chi connectivity index (χ1v) is 8.56. The van der Waals surface area contributed by atoms with Crippen molar-refractivity contribution in [1.29, 1.82) is 0 Å². The number of rotatable bonds is 4. The van der Waals surface area contributed by atoms with Crippen molar-refractivity contribution in [2.75, 3.05) is 0 Å². The Kier molecular flexibility index (Phi) is 4.13. The topological polar surface area (TPSA) is 53.6 Å². The predicted molar refractivity (Wildman–Crippen MR) is 94.7 cm³/mol. The largest absolute Gasteiger partial charge is 0.347 e. The maximum absolute atomic E-state index is 4.49. The number of aryl methyl sites for hydroxylation is 2. The number of nitrogens with zero attached hydrogens (tertiary/aromatic N) is 2. The van der Waals surface area contributed by atoms with Crippen LogP contribution in [0.3, 0.4) is 0 Å². The average molecular weight is 318 g/mol. The van der Waals surface area contributed by atoms with Crippen LogP contribution in [0.1, 0.15) is 53.0 Å². The summed E-state index contributed by atoms with van der Waals surface area (Å²) in [6, 6.07) is 11.3. The van der Waals surface area contributed by atoms with E-state index < -0.39 is 0 Å². The van der Waals surface area contributed by atoms with Gasteiger partial charge in [-0.15, -0.1) is 0 Å². The van der Waals surface area contributed by atoms with E-state index in [1.165, 1.54) is 29.5 Å². The summed E-state index contributed by atoms with van der Waals surface area (Å²) in [5, 5.41) is 3.82. The lowest BCUT2D eigenvalue weighted by atomic mass is 9.86. The van der Waals surface area contributed by atoms with Crippen molar-refractivity contribution in [1.82, 2.24) is 20.3 Å². The fourth-order valence-electron chi connectivity index (χ4n) is 3.61. The third kappa shape index (κ3) is 2.97. The van der Waals surface area contributed by atoms with E-state index in [2.05, 4.69) is 51.5 Å². The molecular formula is C20H22N4. The number of nitrogens with one attached hydrogen (secondary N) is 2. The van der Waals surface area contributed by atoms with Crippen LogP contribution in [-0.4, -0.2) is 15.0 Å². The second kappa shape index (κ2) is 6.57. The van der Waals surface area contributed by atoms with Gasteiger partial charge in [0.1, 0.15) is 5.82 Å². The van der Waals surface area contributed by atoms with E-state index in [4.69, 9.17) is 0 Å². The van der Waals surface area contributed by atoms with Crippen molar-refractivity contribution < 1.29 is 0 Å². The Morgan fingerprint density at radius 2 is 2.21 bits per heavy atom. The lowest BCUT2D eigenvalue weighted by Gasteiger charge is -2.30. The second-order valence-corrected chi connectivity index (χ2v) is 6.51. The minimum Gasteiger partial charge on any atom is -0.347 e. The molecule has 2 atom stereocenters. The Balaban J connectivity index is 1.68. The molecule has 1 aliphatic carbocycles. The monoisotopic (exact) mass is 318 g/mol. The molecular weight excluding hydrogens is 296 g/mol. The zero-order valence-electron chi connectivity index (χ0n) is 13.9. The van der Waals surface area contributed by atoms with E-state index >= 15 is 0 Å². The van der Waals surface area contributed by atoms with Crippen molar-refractivity contribution in [2.24, 2.45) is 0 Å². The van der Waals surface area contributed by atoms with Gasteiger partial charge in [-0.1, -0.05) is 29.8 Å². The molecule has 2 heterocycles. The highest BCUT2D eigenvalue weighted by molar-refractivity contribution is 5.36. The number of aromatic amines is 1. The highest BCUT2D eigenvalue weighted by Crippen LogP contribution is 2.33. The number of hydrogen-bond donors (Lipinski definition) is 2. The van der Waals surface area contributed by atoms with Crippen molar-refractivity contribution in [3.05, 3.63) is 83.2 Å². The van der Waals surface area contributed by atoms with Gasteiger partial charge in [0.25, 0.3) is 0 Å². The molecule has 0 unspecified atom stereocenters. The minimum atomic E-state index is 0.0187. The summed E-state index contributed by atoms with van der Waals surface area (Å²) in [6.45, 7) is 2.16. The molecule has 3 aromatic rings. The summed E-state index contributed by atoms with van der Waals surface area (Å²) >= 11 is 0. The fourth-order valence-corrected chi connectivity index (χ4v) is 3.61. The van der Waals surface area contributed by atoms with Crippen LogP contribution in [0.4, 0.5) is 0 Å². The zero-order valence-corrected chi connectivity index (χ0v) is 13.9. The van der Waals surface area contributed by atoms with Crippen LogP contribution in [0.5, 0.6) is 0 Å². The molecule has 0 saturated carbocycles. The van der Waals surface area contributed by atoms with E-state index in [1.54, 1.807) is 6.20 Å². The van der Waals surface area contributed by atoms with Gasteiger partial charge in [-0.25, -0.2) is 4.98 Å². The minimum absolute atomic E-state index is 0.0187. The standard InChI is InChI=1S/C20H22N4/c1-14-7-8-15-4-2-6-18(17(15)12-14)24-19(20-22-10-11-23-20)16-5-3-9-21-13-16/h3,5,7-13,18-19,24H,2,4,6H2,1H3,(H,22,23)/t18-,19-/m1/s1. The molecule has 0 spiro atoms. The SMILES string of the molecule is Cc1ccc2c(c1)[C@H](N[C@H](c1cccnc1)c1ncc[nH]1)CCC2. The number of imidazole rings is 1. The molecule has 24 heavy (non-hydrogen) atoms. The third-order valence-electron chi connectivity index (χ3n) is 4.79. The van der Waals surface area contributed by atoms with Crippen LogP contribution in [0, 0.1) is 6.92 Å². The summed E-state index contributed by atoms with van der Waals surface area (Å²) in [6.07, 6.45) is 10.9. The third-order valence-corrected chi connectivity index (χ3v) is 4.79. The first-order valence-electron chi connectivity index (χ1n) is 8.56. The van der Waals surface area contributed by atoms with Crippen LogP contribution in [0.2, 0.25) is 0 Å². The first kappa shape index (κ1) is 15.1. The van der Waals surface area contributed by atoms with Gasteiger partial charge in [-0.3, -0.25) is 10.3 Å². The molecule has 0 bridgehead atoms. The summed E-state index contributed by atoms with van der Waals surface area (Å²) in [5.41, 5.74) is 5.35. The van der Waals surface area contributed by atoms with Crippen molar-refractivity contribution in [3.63, 3.8) is 0 Å². The van der Waals surface area contributed by atoms with Gasteiger partial charge in [0.15, 0.2) is 0 Å². The summed E-state index contributed by atoms with van der Waals surface area (Å²) < 4.78 is 0. The first-order chi connectivity index (χ1) is 11.8. The van der Waals surface area contributed by atoms with Crippen LogP contribution in [0.25, 0.3) is 0 Å². The average Bonchev–Trinajstić information content (AvgIpc) is 3.15. The van der Waals surface area contributed by atoms with Gasteiger partial charge in [0.05, 0.1) is 6.04 Å². The Hall–Kier alpha value is -2.46. The van der Waals surface area contributed by atoms with Crippen LogP contribution < -0.4 is 5.32 Å². The van der Waals surface area contributed by atoms with Crippen molar-refractivity contribution in [2.45, 2.75) is 38.3 Å². The van der Waals surface area contributed by atoms with Crippen LogP contribution in [0.15, 0.2) is 55.1 Å². The van der Waals surface area contributed by atoms with Gasteiger partial charge in [0, 0.05) is 30.8 Å². The number of benzene rings is 1. The lowest BCUT2D eigenvalue weighted by molar-refractivity contribution is 0.420. The Bertz CT molecular complexity index is 796. The molecule has 0 saturated heterocycles. The van der Waals surface area contributed by atoms with Gasteiger partial charge >= 0.3 is 0 Å². The molecule has 0 amide bonds. The van der Waals surface area contributed by atoms with Gasteiger partial charge in [-0.2, -0.15) is 0 Å². The molecule has 4 heteroatoms. The number of H-pyrrole nitrogens is 1. The van der Waals surface area contributed by atoms with E-state index in [0.717, 1.165) is 17.8 Å². The fraction of sp³-hybridized carbons (Fsp3) is 0.300. The lowest BCUT2D eigenvalue weighted by Crippen LogP contribution is -2.30. The molecule has 0 fully saturated rings. The molecule has 1 aliphatic rings.